The zero-order valence-corrected chi connectivity index (χ0v) is 26.2. The quantitative estimate of drug-likeness (QED) is 0.185. The third-order valence-electron chi connectivity index (χ3n) is 6.57. The van der Waals surface area contributed by atoms with E-state index >= 15 is 0 Å². The lowest BCUT2D eigenvalue weighted by molar-refractivity contribution is -0.198. The maximum absolute atomic E-state index is 14.3. The van der Waals surface area contributed by atoms with Crippen LogP contribution in [0.3, 0.4) is 0 Å². The van der Waals surface area contributed by atoms with Crippen LogP contribution in [0.4, 0.5) is 18.0 Å². The molecule has 0 radical (unpaired) electrons. The lowest BCUT2D eigenvalue weighted by Crippen LogP contribution is -2.69. The molecule has 0 saturated heterocycles. The summed E-state index contributed by atoms with van der Waals surface area (Å²) in [4.78, 5) is 63.5. The highest BCUT2D eigenvalue weighted by Gasteiger charge is 2.59. The van der Waals surface area contributed by atoms with E-state index in [1.165, 1.54) is 0 Å². The molecule has 0 fully saturated rings. The Hall–Kier alpha value is -3.84. The number of alkyl carbamates (subject to hydrolysis) is 1. The van der Waals surface area contributed by atoms with Gasteiger partial charge in [-0.05, 0) is 49.5 Å². The molecular weight excluding hydrogens is 585 g/mol. The molecule has 4 atom stereocenters. The third kappa shape index (κ3) is 12.4. The Bertz CT molecular complexity index is 1130. The van der Waals surface area contributed by atoms with E-state index in [1.807, 2.05) is 5.32 Å². The number of nitrogens with one attached hydrogen (secondary N) is 4. The average Bonchev–Trinajstić information content (AvgIpc) is 2.89. The van der Waals surface area contributed by atoms with E-state index in [1.54, 1.807) is 77.2 Å². The van der Waals surface area contributed by atoms with E-state index in [4.69, 9.17) is 4.74 Å². The van der Waals surface area contributed by atoms with Gasteiger partial charge in [-0.3, -0.25) is 14.4 Å². The average molecular weight is 631 g/mol. The Labute approximate surface area is 256 Å². The first kappa shape index (κ1) is 38.2. The summed E-state index contributed by atoms with van der Waals surface area (Å²) in [5, 5.41) is 17.9. The zero-order chi connectivity index (χ0) is 33.8. The van der Waals surface area contributed by atoms with Gasteiger partial charge in [0.1, 0.15) is 24.7 Å². The van der Waals surface area contributed by atoms with E-state index in [0.717, 1.165) is 0 Å². The minimum Gasteiger partial charge on any atom is -0.480 e. The van der Waals surface area contributed by atoms with Crippen LogP contribution in [0.15, 0.2) is 30.3 Å². The van der Waals surface area contributed by atoms with Crippen molar-refractivity contribution in [2.24, 2.45) is 17.8 Å². The van der Waals surface area contributed by atoms with E-state index in [9.17, 15) is 42.3 Å². The van der Waals surface area contributed by atoms with Gasteiger partial charge in [-0.2, -0.15) is 13.2 Å². The molecule has 0 bridgehead atoms. The van der Waals surface area contributed by atoms with Crippen LogP contribution in [0.5, 0.6) is 0 Å². The zero-order valence-electron chi connectivity index (χ0n) is 26.2. The van der Waals surface area contributed by atoms with Gasteiger partial charge >= 0.3 is 18.2 Å². The molecule has 1 aromatic rings. The molecular formula is C30H45F3N4O7. The normalized spacial score (nSPS) is 15.1. The van der Waals surface area contributed by atoms with Gasteiger partial charge < -0.3 is 31.1 Å². The Morgan fingerprint density at radius 2 is 1.23 bits per heavy atom. The predicted molar refractivity (Wildman–Crippen MR) is 156 cm³/mol. The Balaban J connectivity index is 3.17. The van der Waals surface area contributed by atoms with Crippen molar-refractivity contribution in [3.63, 3.8) is 0 Å². The van der Waals surface area contributed by atoms with Crippen LogP contribution in [0.1, 0.15) is 73.3 Å². The monoisotopic (exact) mass is 630 g/mol. The SMILES string of the molecule is CC(C)C[C@H](NC(=O)[C@@](C)(NC(=O)[C@H](CC(C)C)NC(=O)[C@H](CC(C)C)NC(=O)OCc1ccccc1)C(F)(F)F)C(=O)O. The van der Waals surface area contributed by atoms with Gasteiger partial charge in [0.25, 0.3) is 5.91 Å². The number of carboxylic acid groups (broad SMARTS) is 1. The van der Waals surface area contributed by atoms with Crippen molar-refractivity contribution >= 4 is 29.8 Å². The van der Waals surface area contributed by atoms with Crippen LogP contribution < -0.4 is 21.3 Å². The largest absolute Gasteiger partial charge is 0.480 e. The second-order valence-corrected chi connectivity index (χ2v) is 12.2. The number of rotatable bonds is 16. The van der Waals surface area contributed by atoms with E-state index in [2.05, 4.69) is 10.6 Å². The lowest BCUT2D eigenvalue weighted by atomic mass is 9.95. The molecule has 0 aliphatic rings. The minimum atomic E-state index is -5.33. The van der Waals surface area contributed by atoms with Crippen molar-refractivity contribution in [2.75, 3.05) is 0 Å². The molecule has 1 aromatic carbocycles. The van der Waals surface area contributed by atoms with Gasteiger partial charge in [0.15, 0.2) is 0 Å². The fraction of sp³-hybridized carbons (Fsp3) is 0.633. The number of carbonyl (C=O) groups excluding carboxylic acids is 4. The van der Waals surface area contributed by atoms with Crippen molar-refractivity contribution in [1.82, 2.24) is 21.3 Å². The third-order valence-corrected chi connectivity index (χ3v) is 6.57. The molecule has 248 valence electrons. The molecule has 0 aliphatic carbocycles. The Kier molecular flexibility index (Phi) is 14.6. The van der Waals surface area contributed by atoms with E-state index < -0.39 is 59.6 Å². The van der Waals surface area contributed by atoms with Crippen LogP contribution in [0, 0.1) is 17.8 Å². The van der Waals surface area contributed by atoms with Crippen molar-refractivity contribution in [3.05, 3.63) is 35.9 Å². The smallest absolute Gasteiger partial charge is 0.420 e. The summed E-state index contributed by atoms with van der Waals surface area (Å²) in [5.74, 6) is -6.10. The van der Waals surface area contributed by atoms with Crippen molar-refractivity contribution in [2.45, 2.75) is 104 Å². The first-order valence-electron chi connectivity index (χ1n) is 14.5. The number of carboxylic acids is 1. The molecule has 0 heterocycles. The molecule has 14 heteroatoms. The molecule has 4 amide bonds. The number of ether oxygens (including phenoxy) is 1. The predicted octanol–water partition coefficient (Wildman–Crippen LogP) is 3.91. The molecule has 11 nitrogen and oxygen atoms in total. The fourth-order valence-corrected chi connectivity index (χ4v) is 4.17. The van der Waals surface area contributed by atoms with Gasteiger partial charge in [0, 0.05) is 0 Å². The molecule has 44 heavy (non-hydrogen) atoms. The van der Waals surface area contributed by atoms with Crippen LogP contribution >= 0.6 is 0 Å². The molecule has 5 N–H and O–H groups in total. The first-order valence-corrected chi connectivity index (χ1v) is 14.5. The highest BCUT2D eigenvalue weighted by molar-refractivity contribution is 5.97. The summed E-state index contributed by atoms with van der Waals surface area (Å²) in [6.07, 6.45) is -6.37. The standard InChI is InChI=1S/C30H45F3N4O7/c1-17(2)13-21(36-28(43)44-16-20-11-9-8-10-12-20)24(38)34-22(14-18(3)4)25(39)37-29(7,30(31,32)33)27(42)35-23(26(40)41)15-19(5)6/h8-12,17-19,21-23H,13-16H2,1-7H3,(H,34,38)(H,35,42)(H,36,43)(H,37,39)(H,40,41)/t21-,22-,23-,29+/m0/s1. The van der Waals surface area contributed by atoms with Crippen LogP contribution in [0.25, 0.3) is 0 Å². The fourth-order valence-electron chi connectivity index (χ4n) is 4.17. The topological polar surface area (TPSA) is 163 Å². The number of alkyl halides is 3. The summed E-state index contributed by atoms with van der Waals surface area (Å²) in [6, 6.07) is 4.44. The highest BCUT2D eigenvalue weighted by atomic mass is 19.4. The number of aliphatic carboxylic acids is 1. The van der Waals surface area contributed by atoms with Crippen LogP contribution in [-0.4, -0.2) is 64.7 Å². The van der Waals surface area contributed by atoms with Crippen LogP contribution in [-0.2, 0) is 30.5 Å². The van der Waals surface area contributed by atoms with Crippen molar-refractivity contribution < 1.29 is 47.0 Å². The van der Waals surface area contributed by atoms with Crippen molar-refractivity contribution in [3.8, 4) is 0 Å². The maximum Gasteiger partial charge on any atom is 0.420 e. The number of hydrogen-bond donors (Lipinski definition) is 5. The van der Waals surface area contributed by atoms with Gasteiger partial charge in [0.05, 0.1) is 0 Å². The minimum absolute atomic E-state index is 0.0704. The van der Waals surface area contributed by atoms with Gasteiger partial charge in [-0.25, -0.2) is 9.59 Å². The molecule has 1 rings (SSSR count). The molecule has 0 aliphatic heterocycles. The summed E-state index contributed by atoms with van der Waals surface area (Å²) in [6.45, 7) is 10.5. The molecule has 0 spiro atoms. The van der Waals surface area contributed by atoms with Gasteiger partial charge in [0.2, 0.25) is 17.4 Å². The molecule has 0 unspecified atom stereocenters. The number of halogens is 3. The Morgan fingerprint density at radius 1 is 0.750 bits per heavy atom. The first-order chi connectivity index (χ1) is 20.3. The van der Waals surface area contributed by atoms with Crippen molar-refractivity contribution in [1.29, 1.82) is 0 Å². The second-order valence-electron chi connectivity index (χ2n) is 12.2. The highest BCUT2D eigenvalue weighted by Crippen LogP contribution is 2.31. The lowest BCUT2D eigenvalue weighted by Gasteiger charge is -2.34. The Morgan fingerprint density at radius 3 is 1.68 bits per heavy atom. The molecule has 0 saturated carbocycles. The van der Waals surface area contributed by atoms with E-state index in [0.29, 0.717) is 12.5 Å². The summed E-state index contributed by atoms with van der Waals surface area (Å²) < 4.78 is 48.0. The number of benzene rings is 1. The summed E-state index contributed by atoms with van der Waals surface area (Å²) >= 11 is 0. The summed E-state index contributed by atoms with van der Waals surface area (Å²) in [7, 11) is 0. The number of amides is 4. The second kappa shape index (κ2) is 16.9. The number of carbonyl (C=O) groups is 5. The van der Waals surface area contributed by atoms with Gasteiger partial charge in [-0.1, -0.05) is 71.9 Å². The van der Waals surface area contributed by atoms with Gasteiger partial charge in [-0.15, -0.1) is 0 Å². The number of hydrogen-bond acceptors (Lipinski definition) is 6. The van der Waals surface area contributed by atoms with Crippen LogP contribution in [0.2, 0.25) is 0 Å². The van der Waals surface area contributed by atoms with E-state index in [-0.39, 0.29) is 43.6 Å². The maximum atomic E-state index is 14.3. The summed E-state index contributed by atoms with van der Waals surface area (Å²) in [5.41, 5.74) is -2.82. The molecule has 0 aromatic heterocycles.